The highest BCUT2D eigenvalue weighted by Gasteiger charge is 2.16. The van der Waals surface area contributed by atoms with Gasteiger partial charge in [0.25, 0.3) is 10.1 Å². The van der Waals surface area contributed by atoms with E-state index in [2.05, 4.69) is 0 Å². The van der Waals surface area contributed by atoms with Crippen LogP contribution in [-0.2, 0) is 61.7 Å². The smallest absolute Gasteiger partial charge is 0.308 e. The Hall–Kier alpha value is -1.72. The highest BCUT2D eigenvalue weighted by molar-refractivity contribution is 7.86. The van der Waals surface area contributed by atoms with E-state index in [9.17, 15) is 13.2 Å². The maximum absolute atomic E-state index is 11.9. The van der Waals surface area contributed by atoms with E-state index >= 15 is 0 Å². The molecule has 0 atom stereocenters. The Labute approximate surface area is 256 Å². The number of hydrogen-bond donors (Lipinski definition) is 0. The van der Waals surface area contributed by atoms with Crippen molar-refractivity contribution in [3.05, 3.63) is 30.3 Å². The third-order valence-corrected chi connectivity index (χ3v) is 6.30. The first-order chi connectivity index (χ1) is 20.7. The van der Waals surface area contributed by atoms with Crippen LogP contribution in [0.5, 0.6) is 0 Å². The summed E-state index contributed by atoms with van der Waals surface area (Å²) in [6.07, 6.45) is 0.223. The summed E-state index contributed by atoms with van der Waals surface area (Å²) in [6, 6.07) is 7.96. The van der Waals surface area contributed by atoms with Crippen LogP contribution in [-0.4, -0.2) is 132 Å². The summed E-state index contributed by atoms with van der Waals surface area (Å²) in [5.74, 6) is -0.273. The molecule has 0 aliphatic heterocycles. The van der Waals surface area contributed by atoms with E-state index in [-0.39, 0.29) is 30.5 Å². The van der Waals surface area contributed by atoms with Gasteiger partial charge in [0.15, 0.2) is 0 Å². The third kappa shape index (κ3) is 25.3. The Morgan fingerprint density at radius 1 is 0.535 bits per heavy atom. The molecular weight excluding hydrogens is 588 g/mol. The van der Waals surface area contributed by atoms with Gasteiger partial charge in [-0.05, 0) is 32.9 Å². The average molecular weight is 639 g/mol. The first-order valence-corrected chi connectivity index (χ1v) is 15.9. The predicted octanol–water partition coefficient (Wildman–Crippen LogP) is 2.26. The normalized spacial score (nSPS) is 12.1. The summed E-state index contributed by atoms with van der Waals surface area (Å²) in [5, 5.41) is 0. The Morgan fingerprint density at radius 2 is 0.860 bits per heavy atom. The highest BCUT2D eigenvalue weighted by Crippen LogP contribution is 2.11. The second-order valence-corrected chi connectivity index (χ2v) is 11.4. The monoisotopic (exact) mass is 638 g/mol. The van der Waals surface area contributed by atoms with Crippen LogP contribution in [0.4, 0.5) is 0 Å². The van der Waals surface area contributed by atoms with Crippen molar-refractivity contribution in [2.75, 3.05) is 112 Å². The summed E-state index contributed by atoms with van der Waals surface area (Å²) in [4.78, 5) is 11.7. The number of ether oxygens (including phenoxy) is 9. The van der Waals surface area contributed by atoms with E-state index in [0.717, 1.165) is 0 Å². The minimum absolute atomic E-state index is 0.0617. The van der Waals surface area contributed by atoms with Crippen LogP contribution in [0.3, 0.4) is 0 Å². The van der Waals surface area contributed by atoms with Crippen LogP contribution in [0.15, 0.2) is 35.2 Å². The summed E-state index contributed by atoms with van der Waals surface area (Å²) < 4.78 is 77.2. The van der Waals surface area contributed by atoms with Crippen molar-refractivity contribution in [2.45, 2.75) is 37.7 Å². The van der Waals surface area contributed by atoms with E-state index < -0.39 is 15.7 Å². The molecular formula is C29H50O13S. The lowest BCUT2D eigenvalue weighted by molar-refractivity contribution is -0.156. The quantitative estimate of drug-likeness (QED) is 0.0720. The van der Waals surface area contributed by atoms with Crippen LogP contribution >= 0.6 is 0 Å². The largest absolute Gasteiger partial charge is 0.460 e. The van der Waals surface area contributed by atoms with E-state index in [1.165, 1.54) is 12.1 Å². The number of carbonyl (C=O) groups excluding carboxylic acids is 1. The van der Waals surface area contributed by atoms with E-state index in [4.69, 9.17) is 46.8 Å². The van der Waals surface area contributed by atoms with Gasteiger partial charge in [-0.1, -0.05) is 18.2 Å². The van der Waals surface area contributed by atoms with Crippen molar-refractivity contribution in [1.82, 2.24) is 0 Å². The second kappa shape index (κ2) is 25.6. The molecule has 0 amide bonds. The standard InChI is InChI=1S/C29H50O13S/c1-29(2,3)42-28(30)9-10-33-11-12-34-13-14-35-15-16-36-17-18-37-19-20-38-21-22-39-23-24-40-25-26-41-43(31,32)27-7-5-4-6-8-27/h4-8H,9-26H2,1-3H3. The first-order valence-electron chi connectivity index (χ1n) is 14.5. The molecule has 43 heavy (non-hydrogen) atoms. The van der Waals surface area contributed by atoms with Crippen LogP contribution in [0, 0.1) is 0 Å². The molecule has 0 fully saturated rings. The van der Waals surface area contributed by atoms with E-state index in [1.54, 1.807) is 18.2 Å². The van der Waals surface area contributed by atoms with Crippen molar-refractivity contribution >= 4 is 16.1 Å². The molecule has 0 unspecified atom stereocenters. The molecule has 0 aliphatic carbocycles. The van der Waals surface area contributed by atoms with Crippen LogP contribution in [0.2, 0.25) is 0 Å². The van der Waals surface area contributed by atoms with Gasteiger partial charge in [0.2, 0.25) is 0 Å². The van der Waals surface area contributed by atoms with Crippen molar-refractivity contribution in [1.29, 1.82) is 0 Å². The number of benzene rings is 1. The average Bonchev–Trinajstić information content (AvgIpc) is 2.96. The maximum atomic E-state index is 11.9. The van der Waals surface area contributed by atoms with Crippen LogP contribution < -0.4 is 0 Å². The SMILES string of the molecule is CC(C)(C)OC(=O)CCOCCOCCOCCOCCOCCOCCOCCOCCOS(=O)(=O)c1ccccc1. The highest BCUT2D eigenvalue weighted by atomic mass is 32.2. The molecule has 0 N–H and O–H groups in total. The first kappa shape index (κ1) is 39.3. The molecule has 1 aromatic rings. The Morgan fingerprint density at radius 3 is 1.21 bits per heavy atom. The molecule has 14 heteroatoms. The third-order valence-electron chi connectivity index (χ3n) is 4.97. The topological polar surface area (TPSA) is 144 Å². The summed E-state index contributed by atoms with van der Waals surface area (Å²) >= 11 is 0. The number of hydrogen-bond acceptors (Lipinski definition) is 13. The van der Waals surface area contributed by atoms with Crippen molar-refractivity contribution in [3.63, 3.8) is 0 Å². The fourth-order valence-corrected chi connectivity index (χ4v) is 3.96. The van der Waals surface area contributed by atoms with Crippen molar-refractivity contribution in [3.8, 4) is 0 Å². The summed E-state index contributed by atoms with van der Waals surface area (Å²) in [7, 11) is -3.76. The summed E-state index contributed by atoms with van der Waals surface area (Å²) in [5.41, 5.74) is -0.480. The Kier molecular flexibility index (Phi) is 23.4. The Bertz CT molecular complexity index is 891. The van der Waals surface area contributed by atoms with E-state index in [1.807, 2.05) is 20.8 Å². The lowest BCUT2D eigenvalue weighted by atomic mass is 10.2. The van der Waals surface area contributed by atoms with Gasteiger partial charge < -0.3 is 42.6 Å². The van der Waals surface area contributed by atoms with Gasteiger partial charge in [-0.2, -0.15) is 8.42 Å². The van der Waals surface area contributed by atoms with E-state index in [0.29, 0.717) is 99.1 Å². The molecule has 0 saturated heterocycles. The molecule has 1 rings (SSSR count). The van der Waals surface area contributed by atoms with Crippen LogP contribution in [0.1, 0.15) is 27.2 Å². The molecule has 0 spiro atoms. The van der Waals surface area contributed by atoms with Gasteiger partial charge in [-0.3, -0.25) is 8.98 Å². The van der Waals surface area contributed by atoms with Gasteiger partial charge in [0.05, 0.1) is 124 Å². The van der Waals surface area contributed by atoms with Crippen molar-refractivity contribution < 1.29 is 60.0 Å². The molecule has 0 radical (unpaired) electrons. The predicted molar refractivity (Wildman–Crippen MR) is 157 cm³/mol. The summed E-state index contributed by atoms with van der Waals surface area (Å²) in [6.45, 7) is 11.9. The van der Waals surface area contributed by atoms with Gasteiger partial charge in [-0.15, -0.1) is 0 Å². The number of carbonyl (C=O) groups is 1. The fraction of sp³-hybridized carbons (Fsp3) is 0.759. The molecule has 250 valence electrons. The molecule has 0 bridgehead atoms. The molecule has 0 aromatic heterocycles. The minimum Gasteiger partial charge on any atom is -0.460 e. The molecule has 0 heterocycles. The maximum Gasteiger partial charge on any atom is 0.308 e. The number of rotatable bonds is 29. The van der Waals surface area contributed by atoms with Gasteiger partial charge in [0, 0.05) is 0 Å². The molecule has 1 aromatic carbocycles. The lowest BCUT2D eigenvalue weighted by Gasteiger charge is -2.19. The van der Waals surface area contributed by atoms with Crippen LogP contribution in [0.25, 0.3) is 0 Å². The molecule has 0 aliphatic rings. The van der Waals surface area contributed by atoms with Gasteiger partial charge >= 0.3 is 5.97 Å². The van der Waals surface area contributed by atoms with Gasteiger partial charge in [-0.25, -0.2) is 0 Å². The van der Waals surface area contributed by atoms with Crippen molar-refractivity contribution in [2.24, 2.45) is 0 Å². The second-order valence-electron chi connectivity index (χ2n) is 9.82. The zero-order chi connectivity index (χ0) is 31.5. The Balaban J connectivity index is 1.71. The zero-order valence-corrected chi connectivity index (χ0v) is 26.6. The lowest BCUT2D eigenvalue weighted by Crippen LogP contribution is -2.24. The van der Waals surface area contributed by atoms with Gasteiger partial charge in [0.1, 0.15) is 5.60 Å². The zero-order valence-electron chi connectivity index (χ0n) is 25.8. The fourth-order valence-electron chi connectivity index (χ4n) is 3.05. The number of esters is 1. The minimum atomic E-state index is -3.76. The molecule has 0 saturated carbocycles. The molecule has 13 nitrogen and oxygen atoms in total.